The van der Waals surface area contributed by atoms with Gasteiger partial charge in [-0.2, -0.15) is 0 Å². The van der Waals surface area contributed by atoms with Crippen molar-refractivity contribution in [2.45, 2.75) is 26.1 Å². The summed E-state index contributed by atoms with van der Waals surface area (Å²) in [6, 6.07) is 17.6. The maximum atomic E-state index is 12.6. The van der Waals surface area contributed by atoms with Crippen LogP contribution in [0, 0.1) is 0 Å². The second-order valence-electron chi connectivity index (χ2n) is 8.44. The van der Waals surface area contributed by atoms with Crippen LogP contribution in [0.15, 0.2) is 72.4 Å². The lowest BCUT2D eigenvalue weighted by Gasteiger charge is -2.22. The number of benzene rings is 2. The molecule has 0 bridgehead atoms. The molecule has 192 valence electrons. The molecule has 2 aromatic carbocycles. The van der Waals surface area contributed by atoms with Crippen LogP contribution < -0.4 is 14.8 Å². The van der Waals surface area contributed by atoms with E-state index >= 15 is 0 Å². The van der Waals surface area contributed by atoms with E-state index in [1.165, 1.54) is 11.3 Å². The maximum absolute atomic E-state index is 12.6. The third-order valence-corrected chi connectivity index (χ3v) is 6.87. The minimum atomic E-state index is -0.189. The molecule has 0 saturated carbocycles. The number of thiazole rings is 1. The quantitative estimate of drug-likeness (QED) is 0.262. The maximum Gasteiger partial charge on any atom is 0.271 e. The molecule has 2 aromatic heterocycles. The van der Waals surface area contributed by atoms with Crippen LogP contribution in [0.4, 0.5) is 0 Å². The van der Waals surface area contributed by atoms with E-state index < -0.39 is 0 Å². The van der Waals surface area contributed by atoms with E-state index in [-0.39, 0.29) is 5.91 Å². The van der Waals surface area contributed by atoms with E-state index in [0.29, 0.717) is 41.8 Å². The molecule has 37 heavy (non-hydrogen) atoms. The van der Waals surface area contributed by atoms with E-state index in [1.807, 2.05) is 53.9 Å². The Morgan fingerprint density at radius 2 is 1.78 bits per heavy atom. The fraction of sp³-hybridized carbons (Fsp3) is 0.250. The molecule has 0 spiro atoms. The van der Waals surface area contributed by atoms with Gasteiger partial charge in [-0.15, -0.1) is 11.3 Å². The van der Waals surface area contributed by atoms with Gasteiger partial charge in [-0.05, 0) is 59.5 Å². The first-order valence-corrected chi connectivity index (χ1v) is 13.1. The summed E-state index contributed by atoms with van der Waals surface area (Å²) in [5.41, 5.74) is 3.68. The molecule has 0 atom stereocenters. The third-order valence-electron chi connectivity index (χ3n) is 5.81. The zero-order valence-corrected chi connectivity index (χ0v) is 22.4. The van der Waals surface area contributed by atoms with Gasteiger partial charge in [0, 0.05) is 42.4 Å². The van der Waals surface area contributed by atoms with Gasteiger partial charge in [0.25, 0.3) is 5.91 Å². The van der Waals surface area contributed by atoms with Crippen molar-refractivity contribution in [1.29, 1.82) is 0 Å². The molecule has 9 heteroatoms. The Labute approximate surface area is 226 Å². The van der Waals surface area contributed by atoms with E-state index in [0.717, 1.165) is 34.7 Å². The number of hydrogen-bond acceptors (Lipinski definition) is 7. The highest BCUT2D eigenvalue weighted by Crippen LogP contribution is 2.28. The van der Waals surface area contributed by atoms with E-state index in [2.05, 4.69) is 26.3 Å². The summed E-state index contributed by atoms with van der Waals surface area (Å²) in [5.74, 6) is 1.23. The average Bonchev–Trinajstić information content (AvgIpc) is 3.39. The van der Waals surface area contributed by atoms with E-state index in [4.69, 9.17) is 21.1 Å². The zero-order valence-electron chi connectivity index (χ0n) is 20.8. The SMILES string of the molecule is COc1ccc(CCN(Cc2cccc(Cl)c2)Cc2nc(C(=O)NCc3ccncc3)cs2)cc1OC. The number of ether oxygens (including phenoxy) is 2. The molecule has 2 heterocycles. The van der Waals surface area contributed by atoms with Gasteiger partial charge in [0.05, 0.1) is 20.8 Å². The summed E-state index contributed by atoms with van der Waals surface area (Å²) < 4.78 is 10.8. The number of pyridine rings is 1. The first-order chi connectivity index (χ1) is 18.0. The van der Waals surface area contributed by atoms with Crippen molar-refractivity contribution >= 4 is 28.8 Å². The molecule has 1 amide bonds. The lowest BCUT2D eigenvalue weighted by molar-refractivity contribution is 0.0946. The second-order valence-corrected chi connectivity index (χ2v) is 9.82. The number of nitrogens with one attached hydrogen (secondary N) is 1. The molecule has 0 aliphatic heterocycles. The lowest BCUT2D eigenvalue weighted by Crippen LogP contribution is -2.26. The van der Waals surface area contributed by atoms with Crippen molar-refractivity contribution in [3.05, 3.63) is 105 Å². The van der Waals surface area contributed by atoms with Crippen LogP contribution in [0.25, 0.3) is 0 Å². The predicted molar refractivity (Wildman–Crippen MR) is 146 cm³/mol. The van der Waals surface area contributed by atoms with Crippen molar-refractivity contribution < 1.29 is 14.3 Å². The Hall–Kier alpha value is -3.46. The fourth-order valence-corrected chi connectivity index (χ4v) is 4.91. The molecule has 0 aliphatic carbocycles. The number of hydrogen-bond donors (Lipinski definition) is 1. The number of aromatic nitrogens is 2. The normalized spacial score (nSPS) is 10.9. The van der Waals surface area contributed by atoms with Crippen LogP contribution in [0.3, 0.4) is 0 Å². The van der Waals surface area contributed by atoms with Crippen LogP contribution in [0.5, 0.6) is 11.5 Å². The van der Waals surface area contributed by atoms with Gasteiger partial charge < -0.3 is 14.8 Å². The summed E-state index contributed by atoms with van der Waals surface area (Å²) in [4.78, 5) is 23.6. The van der Waals surface area contributed by atoms with Crippen molar-refractivity contribution in [3.8, 4) is 11.5 Å². The number of methoxy groups -OCH3 is 2. The number of carbonyl (C=O) groups is 1. The summed E-state index contributed by atoms with van der Waals surface area (Å²) in [5, 5.41) is 6.32. The van der Waals surface area contributed by atoms with Gasteiger partial charge in [0.1, 0.15) is 10.7 Å². The van der Waals surface area contributed by atoms with E-state index in [9.17, 15) is 4.79 Å². The molecule has 4 rings (SSSR count). The molecule has 0 radical (unpaired) electrons. The number of amides is 1. The summed E-state index contributed by atoms with van der Waals surface area (Å²) >= 11 is 7.72. The highest BCUT2D eigenvalue weighted by molar-refractivity contribution is 7.09. The average molecular weight is 537 g/mol. The summed E-state index contributed by atoms with van der Waals surface area (Å²) in [6.07, 6.45) is 4.23. The fourth-order valence-electron chi connectivity index (χ4n) is 3.88. The van der Waals surface area contributed by atoms with Crippen molar-refractivity contribution in [1.82, 2.24) is 20.2 Å². The van der Waals surface area contributed by atoms with Crippen LogP contribution in [-0.2, 0) is 26.1 Å². The lowest BCUT2D eigenvalue weighted by atomic mass is 10.1. The van der Waals surface area contributed by atoms with Crippen LogP contribution in [-0.4, -0.2) is 41.5 Å². The number of rotatable bonds is 12. The second kappa shape index (κ2) is 13.2. The highest BCUT2D eigenvalue weighted by Gasteiger charge is 2.15. The zero-order chi connectivity index (χ0) is 26.0. The highest BCUT2D eigenvalue weighted by atomic mass is 35.5. The monoisotopic (exact) mass is 536 g/mol. The topological polar surface area (TPSA) is 76.6 Å². The van der Waals surface area contributed by atoms with Crippen LogP contribution in [0.1, 0.15) is 32.2 Å². The summed E-state index contributed by atoms with van der Waals surface area (Å²) in [7, 11) is 3.27. The molecular weight excluding hydrogens is 508 g/mol. The Morgan fingerprint density at radius 3 is 2.54 bits per heavy atom. The van der Waals surface area contributed by atoms with Gasteiger partial charge >= 0.3 is 0 Å². The Bertz CT molecular complexity index is 1320. The standard InChI is InChI=1S/C28H29ClN4O3S/c1-35-25-7-6-20(15-26(25)36-2)10-13-33(17-22-4-3-5-23(29)14-22)18-27-32-24(19-37-27)28(34)31-16-21-8-11-30-12-9-21/h3-9,11-12,14-15,19H,10,13,16-18H2,1-2H3,(H,31,34). The molecule has 0 fully saturated rings. The summed E-state index contributed by atoms with van der Waals surface area (Å²) in [6.45, 7) is 2.53. The molecule has 0 saturated heterocycles. The molecule has 0 aliphatic rings. The largest absolute Gasteiger partial charge is 0.493 e. The minimum Gasteiger partial charge on any atom is -0.493 e. The van der Waals surface area contributed by atoms with Crippen molar-refractivity contribution in [2.24, 2.45) is 0 Å². The number of nitrogens with zero attached hydrogens (tertiary/aromatic N) is 3. The molecule has 1 N–H and O–H groups in total. The van der Waals surface area contributed by atoms with Crippen molar-refractivity contribution in [2.75, 3.05) is 20.8 Å². The molecular formula is C28H29ClN4O3S. The molecule has 0 unspecified atom stereocenters. The van der Waals surface area contributed by atoms with Gasteiger partial charge in [-0.3, -0.25) is 14.7 Å². The number of carbonyl (C=O) groups excluding carboxylic acids is 1. The third kappa shape index (κ3) is 7.76. The Kier molecular flexibility index (Phi) is 9.48. The van der Waals surface area contributed by atoms with Gasteiger partial charge in [0.2, 0.25) is 0 Å². The Balaban J connectivity index is 1.43. The van der Waals surface area contributed by atoms with Crippen LogP contribution in [0.2, 0.25) is 5.02 Å². The van der Waals surface area contributed by atoms with Crippen molar-refractivity contribution in [3.63, 3.8) is 0 Å². The first kappa shape index (κ1) is 26.6. The smallest absolute Gasteiger partial charge is 0.271 e. The Morgan fingerprint density at radius 1 is 0.973 bits per heavy atom. The predicted octanol–water partition coefficient (Wildman–Crippen LogP) is 5.38. The van der Waals surface area contributed by atoms with Gasteiger partial charge in [-0.1, -0.05) is 29.8 Å². The van der Waals surface area contributed by atoms with Gasteiger partial charge in [-0.25, -0.2) is 4.98 Å². The van der Waals surface area contributed by atoms with Gasteiger partial charge in [0.15, 0.2) is 11.5 Å². The number of halogens is 1. The van der Waals surface area contributed by atoms with E-state index in [1.54, 1.807) is 26.6 Å². The molecule has 4 aromatic rings. The van der Waals surface area contributed by atoms with Crippen LogP contribution >= 0.6 is 22.9 Å². The first-order valence-electron chi connectivity index (χ1n) is 11.8. The minimum absolute atomic E-state index is 0.189. The molecule has 7 nitrogen and oxygen atoms in total.